The largest absolute Gasteiger partial charge is 0.390 e. The first-order chi connectivity index (χ1) is 12.7. The predicted molar refractivity (Wildman–Crippen MR) is 106 cm³/mol. The van der Waals surface area contributed by atoms with E-state index in [1.165, 1.54) is 11.3 Å². The molecule has 5 heteroatoms. The van der Waals surface area contributed by atoms with Crippen molar-refractivity contribution in [1.82, 2.24) is 14.5 Å². The number of aliphatic hydroxyl groups is 1. The normalized spacial score (nSPS) is 16.9. The first-order valence-corrected chi connectivity index (χ1v) is 9.31. The van der Waals surface area contributed by atoms with Crippen LogP contribution in [0.4, 0.5) is 5.69 Å². The highest BCUT2D eigenvalue weighted by atomic mass is 16.3. The number of hydrogen-bond donors (Lipinski definition) is 1. The minimum Gasteiger partial charge on any atom is -0.390 e. The summed E-state index contributed by atoms with van der Waals surface area (Å²) in [5.41, 5.74) is 4.66. The molecule has 1 fully saturated rings. The van der Waals surface area contributed by atoms with Gasteiger partial charge < -0.3 is 14.6 Å². The van der Waals surface area contributed by atoms with Gasteiger partial charge in [0, 0.05) is 38.4 Å². The fourth-order valence-electron chi connectivity index (χ4n) is 3.75. The average molecular weight is 350 g/mol. The van der Waals surface area contributed by atoms with Gasteiger partial charge >= 0.3 is 0 Å². The highest BCUT2D eigenvalue weighted by Crippen LogP contribution is 2.18. The van der Waals surface area contributed by atoms with Gasteiger partial charge in [-0.1, -0.05) is 24.3 Å². The molecule has 3 aromatic rings. The average Bonchev–Trinajstić information content (AvgIpc) is 3.05. The maximum Gasteiger partial charge on any atom is 0.0959 e. The number of aryl methyl sites for hydroxylation is 1. The lowest BCUT2D eigenvalue weighted by Crippen LogP contribution is -2.49. The zero-order valence-corrected chi connectivity index (χ0v) is 15.3. The Balaban J connectivity index is 1.31. The van der Waals surface area contributed by atoms with Crippen LogP contribution in [0.15, 0.2) is 54.9 Å². The van der Waals surface area contributed by atoms with Gasteiger partial charge in [-0.05, 0) is 36.8 Å². The molecule has 1 unspecified atom stereocenters. The van der Waals surface area contributed by atoms with E-state index in [0.717, 1.165) is 37.2 Å². The zero-order valence-electron chi connectivity index (χ0n) is 15.3. The molecule has 0 amide bonds. The third-order valence-corrected chi connectivity index (χ3v) is 5.14. The molecule has 136 valence electrons. The molecule has 0 saturated carbocycles. The van der Waals surface area contributed by atoms with Gasteiger partial charge in [-0.15, -0.1) is 0 Å². The summed E-state index contributed by atoms with van der Waals surface area (Å²) in [6.07, 6.45) is 1.43. The van der Waals surface area contributed by atoms with Gasteiger partial charge in [0.25, 0.3) is 0 Å². The van der Waals surface area contributed by atoms with Crippen LogP contribution in [-0.2, 0) is 6.54 Å². The van der Waals surface area contributed by atoms with Crippen LogP contribution in [0.1, 0.15) is 5.56 Å². The van der Waals surface area contributed by atoms with E-state index in [9.17, 15) is 5.11 Å². The van der Waals surface area contributed by atoms with Crippen molar-refractivity contribution in [2.75, 3.05) is 37.6 Å². The van der Waals surface area contributed by atoms with Gasteiger partial charge in [-0.3, -0.25) is 4.90 Å². The van der Waals surface area contributed by atoms with Gasteiger partial charge in [0.2, 0.25) is 0 Å². The highest BCUT2D eigenvalue weighted by Gasteiger charge is 2.20. The van der Waals surface area contributed by atoms with Crippen LogP contribution >= 0.6 is 0 Å². The van der Waals surface area contributed by atoms with Gasteiger partial charge in [-0.2, -0.15) is 0 Å². The third-order valence-electron chi connectivity index (χ3n) is 5.14. The molecule has 1 N–H and O–H groups in total. The number of para-hydroxylation sites is 2. The van der Waals surface area contributed by atoms with Crippen LogP contribution in [0.25, 0.3) is 11.0 Å². The lowest BCUT2D eigenvalue weighted by molar-refractivity contribution is 0.0959. The summed E-state index contributed by atoms with van der Waals surface area (Å²) in [5, 5.41) is 10.5. The number of nitrogens with zero attached hydrogens (tertiary/aromatic N) is 4. The Morgan fingerprint density at radius 2 is 1.81 bits per heavy atom. The summed E-state index contributed by atoms with van der Waals surface area (Å²) in [4.78, 5) is 9.19. The molecule has 1 aromatic heterocycles. The summed E-state index contributed by atoms with van der Waals surface area (Å²) in [6.45, 7) is 7.39. The van der Waals surface area contributed by atoms with E-state index in [2.05, 4.69) is 52.0 Å². The monoisotopic (exact) mass is 350 g/mol. The SMILES string of the molecule is Cc1cccc(N2CCN(CC(O)Cn3cnc4ccccc43)CC2)c1. The molecule has 26 heavy (non-hydrogen) atoms. The van der Waals surface area contributed by atoms with E-state index in [4.69, 9.17) is 0 Å². The van der Waals surface area contributed by atoms with E-state index >= 15 is 0 Å². The second-order valence-electron chi connectivity index (χ2n) is 7.17. The summed E-state index contributed by atoms with van der Waals surface area (Å²) < 4.78 is 2.04. The van der Waals surface area contributed by atoms with Crippen LogP contribution in [0.5, 0.6) is 0 Å². The molecule has 0 radical (unpaired) electrons. The maximum absolute atomic E-state index is 10.5. The van der Waals surface area contributed by atoms with Crippen molar-refractivity contribution in [3.63, 3.8) is 0 Å². The van der Waals surface area contributed by atoms with Crippen molar-refractivity contribution in [1.29, 1.82) is 0 Å². The molecule has 5 nitrogen and oxygen atoms in total. The molecule has 2 heterocycles. The van der Waals surface area contributed by atoms with Crippen LogP contribution < -0.4 is 4.90 Å². The Hall–Kier alpha value is -2.37. The summed E-state index contributed by atoms with van der Waals surface area (Å²) in [6, 6.07) is 16.7. The van der Waals surface area contributed by atoms with Gasteiger partial charge in [0.15, 0.2) is 0 Å². The van der Waals surface area contributed by atoms with Crippen molar-refractivity contribution in [3.8, 4) is 0 Å². The number of rotatable bonds is 5. The van der Waals surface area contributed by atoms with Crippen molar-refractivity contribution >= 4 is 16.7 Å². The van der Waals surface area contributed by atoms with Crippen molar-refractivity contribution in [2.24, 2.45) is 0 Å². The summed E-state index contributed by atoms with van der Waals surface area (Å²) in [7, 11) is 0. The van der Waals surface area contributed by atoms with Crippen LogP contribution in [0.2, 0.25) is 0 Å². The molecule has 1 aliphatic heterocycles. The first kappa shape index (κ1) is 17.1. The fourth-order valence-corrected chi connectivity index (χ4v) is 3.75. The Kier molecular flexibility index (Phi) is 4.91. The number of hydrogen-bond acceptors (Lipinski definition) is 4. The Morgan fingerprint density at radius 1 is 1.00 bits per heavy atom. The molecular weight excluding hydrogens is 324 g/mol. The summed E-state index contributed by atoms with van der Waals surface area (Å²) >= 11 is 0. The van der Waals surface area contributed by atoms with E-state index in [1.807, 2.05) is 29.1 Å². The van der Waals surface area contributed by atoms with Crippen LogP contribution in [0.3, 0.4) is 0 Å². The zero-order chi connectivity index (χ0) is 17.9. The number of aromatic nitrogens is 2. The minimum absolute atomic E-state index is 0.391. The lowest BCUT2D eigenvalue weighted by Gasteiger charge is -2.37. The van der Waals surface area contributed by atoms with E-state index in [0.29, 0.717) is 13.1 Å². The van der Waals surface area contributed by atoms with Gasteiger partial charge in [0.05, 0.1) is 30.0 Å². The Bertz CT molecular complexity index is 867. The number of piperazine rings is 1. The molecule has 0 bridgehead atoms. The molecule has 2 aromatic carbocycles. The maximum atomic E-state index is 10.5. The summed E-state index contributed by atoms with van der Waals surface area (Å²) in [5.74, 6) is 0. The van der Waals surface area contributed by atoms with Crippen LogP contribution in [0, 0.1) is 6.92 Å². The van der Waals surface area contributed by atoms with Gasteiger partial charge in [0.1, 0.15) is 0 Å². The van der Waals surface area contributed by atoms with Crippen molar-refractivity contribution < 1.29 is 5.11 Å². The lowest BCUT2D eigenvalue weighted by atomic mass is 10.2. The molecule has 1 saturated heterocycles. The quantitative estimate of drug-likeness (QED) is 0.768. The smallest absolute Gasteiger partial charge is 0.0959 e. The first-order valence-electron chi connectivity index (χ1n) is 9.31. The van der Waals surface area contributed by atoms with Crippen LogP contribution in [-0.4, -0.2) is 58.4 Å². The van der Waals surface area contributed by atoms with E-state index in [-0.39, 0.29) is 0 Å². The fraction of sp³-hybridized carbons (Fsp3) is 0.381. The second-order valence-corrected chi connectivity index (χ2v) is 7.17. The highest BCUT2D eigenvalue weighted by molar-refractivity contribution is 5.74. The molecule has 0 spiro atoms. The molecule has 0 aliphatic carbocycles. The topological polar surface area (TPSA) is 44.5 Å². The molecule has 4 rings (SSSR count). The Labute approximate surface area is 154 Å². The van der Waals surface area contributed by atoms with E-state index in [1.54, 1.807) is 0 Å². The van der Waals surface area contributed by atoms with E-state index < -0.39 is 6.10 Å². The number of anilines is 1. The predicted octanol–water partition coefficient (Wildman–Crippen LogP) is 2.53. The van der Waals surface area contributed by atoms with Crippen molar-refractivity contribution in [2.45, 2.75) is 19.6 Å². The number of β-amino-alcohol motifs (C(OH)–C–C–N with tert-alkyl or cyclic N) is 1. The molecular formula is C21H26N4O. The number of benzene rings is 2. The van der Waals surface area contributed by atoms with Gasteiger partial charge in [-0.25, -0.2) is 4.98 Å². The Morgan fingerprint density at radius 3 is 2.62 bits per heavy atom. The third kappa shape index (κ3) is 3.74. The molecule has 1 atom stereocenters. The number of fused-ring (bicyclic) bond motifs is 1. The number of imidazole rings is 1. The second kappa shape index (κ2) is 7.48. The standard InChI is InChI=1S/C21H26N4O/c1-17-5-4-6-18(13-17)24-11-9-23(10-12-24)14-19(26)15-25-16-22-20-7-2-3-8-21(20)25/h2-8,13,16,19,26H,9-12,14-15H2,1H3. The number of aliphatic hydroxyl groups excluding tert-OH is 1. The van der Waals surface area contributed by atoms with Crippen molar-refractivity contribution in [3.05, 3.63) is 60.4 Å². The molecule has 1 aliphatic rings. The minimum atomic E-state index is -0.391.